The number of piperidine rings is 1. The molecule has 0 bridgehead atoms. The van der Waals surface area contributed by atoms with Crippen molar-refractivity contribution in [3.8, 4) is 0 Å². The molecular weight excluding hydrogens is 392 g/mol. The second-order valence-corrected chi connectivity index (χ2v) is 8.14. The largest absolute Gasteiger partial charge is 0.458 e. The third-order valence-corrected chi connectivity index (χ3v) is 5.50. The van der Waals surface area contributed by atoms with Crippen molar-refractivity contribution in [2.24, 2.45) is 5.16 Å². The van der Waals surface area contributed by atoms with E-state index in [4.69, 9.17) is 9.57 Å². The smallest absolute Gasteiger partial charge is 0.339 e. The van der Waals surface area contributed by atoms with Crippen molar-refractivity contribution in [2.45, 2.75) is 52.4 Å². The van der Waals surface area contributed by atoms with Gasteiger partial charge in [0.1, 0.15) is 6.61 Å². The molecule has 1 fully saturated rings. The van der Waals surface area contributed by atoms with Gasteiger partial charge in [-0.15, -0.1) is 0 Å². The average Bonchev–Trinajstić information content (AvgIpc) is 2.76. The molecule has 1 aromatic rings. The lowest BCUT2D eigenvalue weighted by atomic mass is 9.95. The summed E-state index contributed by atoms with van der Waals surface area (Å²) >= 11 is 0. The highest BCUT2D eigenvalue weighted by Crippen LogP contribution is 2.20. The van der Waals surface area contributed by atoms with Crippen LogP contribution in [-0.2, 0) is 20.8 Å². The van der Waals surface area contributed by atoms with E-state index in [2.05, 4.69) is 5.16 Å². The highest BCUT2D eigenvalue weighted by molar-refractivity contribution is 6.00. The zero-order valence-electron chi connectivity index (χ0n) is 18.6. The van der Waals surface area contributed by atoms with Gasteiger partial charge in [-0.3, -0.25) is 4.79 Å². The normalized spacial score (nSPS) is 21.2. The van der Waals surface area contributed by atoms with E-state index in [1.54, 1.807) is 0 Å². The average molecular weight is 425 g/mol. The first-order valence-corrected chi connectivity index (χ1v) is 11.1. The number of amides is 1. The van der Waals surface area contributed by atoms with E-state index in [0.29, 0.717) is 17.7 Å². The van der Waals surface area contributed by atoms with Crippen molar-refractivity contribution in [2.75, 3.05) is 26.3 Å². The van der Waals surface area contributed by atoms with Crippen LogP contribution in [0.25, 0.3) is 0 Å². The number of benzene rings is 1. The van der Waals surface area contributed by atoms with Crippen LogP contribution < -0.4 is 0 Å². The van der Waals surface area contributed by atoms with Crippen LogP contribution in [0.5, 0.6) is 0 Å². The molecule has 166 valence electrons. The van der Waals surface area contributed by atoms with E-state index < -0.39 is 0 Å². The zero-order valence-corrected chi connectivity index (χ0v) is 18.6. The maximum Gasteiger partial charge on any atom is 0.339 e. The Morgan fingerprint density at radius 3 is 2.68 bits per heavy atom. The Labute approximate surface area is 184 Å². The van der Waals surface area contributed by atoms with Crippen LogP contribution in [0, 0.1) is 13.8 Å². The van der Waals surface area contributed by atoms with Gasteiger partial charge < -0.3 is 14.5 Å². The maximum atomic E-state index is 12.7. The fourth-order valence-electron chi connectivity index (χ4n) is 4.00. The minimum absolute atomic E-state index is 0.0292. The quantitative estimate of drug-likeness (QED) is 0.412. The van der Waals surface area contributed by atoms with E-state index in [9.17, 15) is 9.59 Å². The Kier molecular flexibility index (Phi) is 8.44. The Morgan fingerprint density at radius 2 is 1.87 bits per heavy atom. The number of likely N-dealkylation sites (tertiary alicyclic amines) is 1. The van der Waals surface area contributed by atoms with E-state index in [1.165, 1.54) is 6.42 Å². The molecule has 0 atom stereocenters. The zero-order chi connectivity index (χ0) is 22.1. The van der Waals surface area contributed by atoms with Gasteiger partial charge in [-0.1, -0.05) is 41.1 Å². The van der Waals surface area contributed by atoms with Gasteiger partial charge in [-0.2, -0.15) is 0 Å². The fraction of sp³-hybridized carbons (Fsp3) is 0.480. The fourth-order valence-corrected chi connectivity index (χ4v) is 4.00. The summed E-state index contributed by atoms with van der Waals surface area (Å²) in [5, 5.41) is 4.26. The third-order valence-electron chi connectivity index (χ3n) is 5.50. The number of oxime groups is 1. The molecule has 0 spiro atoms. The van der Waals surface area contributed by atoms with E-state index >= 15 is 0 Å². The molecule has 2 aliphatic rings. The SMILES string of the molecule is Cc1cc(C)c2c(c1)CC(=N\OCC(=O)N1CCCCC1)/C=C/CC/C=C/COC2=O. The molecule has 1 saturated heterocycles. The second-order valence-electron chi connectivity index (χ2n) is 8.14. The lowest BCUT2D eigenvalue weighted by Crippen LogP contribution is -2.37. The van der Waals surface area contributed by atoms with Crippen LogP contribution in [0.4, 0.5) is 0 Å². The van der Waals surface area contributed by atoms with Gasteiger partial charge in [0.2, 0.25) is 0 Å². The molecule has 2 heterocycles. The topological polar surface area (TPSA) is 68.2 Å². The van der Waals surface area contributed by atoms with Gasteiger partial charge in [-0.05, 0) is 63.2 Å². The first-order valence-electron chi connectivity index (χ1n) is 11.1. The molecule has 0 N–H and O–H groups in total. The second kappa shape index (κ2) is 11.5. The number of carbonyl (C=O) groups excluding carboxylic acids is 2. The van der Waals surface area contributed by atoms with Crippen molar-refractivity contribution in [3.63, 3.8) is 0 Å². The van der Waals surface area contributed by atoms with Gasteiger partial charge in [0.25, 0.3) is 5.91 Å². The summed E-state index contributed by atoms with van der Waals surface area (Å²) in [5.41, 5.74) is 4.04. The lowest BCUT2D eigenvalue weighted by molar-refractivity contribution is -0.137. The van der Waals surface area contributed by atoms with Gasteiger partial charge in [0, 0.05) is 19.5 Å². The van der Waals surface area contributed by atoms with Crippen LogP contribution in [0.2, 0.25) is 0 Å². The predicted octanol–water partition coefficient (Wildman–Crippen LogP) is 4.29. The first kappa shape index (κ1) is 22.8. The molecule has 0 saturated carbocycles. The van der Waals surface area contributed by atoms with Crippen molar-refractivity contribution in [1.82, 2.24) is 4.90 Å². The number of allylic oxidation sites excluding steroid dienone is 3. The van der Waals surface area contributed by atoms with Crippen molar-refractivity contribution in [1.29, 1.82) is 0 Å². The van der Waals surface area contributed by atoms with Gasteiger partial charge in [0.15, 0.2) is 6.61 Å². The number of carbonyl (C=O) groups is 2. The first-order chi connectivity index (χ1) is 15.0. The molecule has 0 radical (unpaired) electrons. The molecule has 2 aliphatic heterocycles. The van der Waals surface area contributed by atoms with Gasteiger partial charge in [-0.25, -0.2) is 4.79 Å². The number of ether oxygens (including phenoxy) is 1. The van der Waals surface area contributed by atoms with Crippen LogP contribution in [-0.4, -0.2) is 48.8 Å². The summed E-state index contributed by atoms with van der Waals surface area (Å²) in [5.74, 6) is -0.362. The molecule has 1 aromatic carbocycles. The van der Waals surface area contributed by atoms with E-state index in [1.807, 2.05) is 55.2 Å². The Balaban J connectivity index is 1.80. The van der Waals surface area contributed by atoms with Gasteiger partial charge >= 0.3 is 5.97 Å². The summed E-state index contributed by atoms with van der Waals surface area (Å²) in [6.45, 7) is 5.70. The van der Waals surface area contributed by atoms with Crippen LogP contribution in [0.3, 0.4) is 0 Å². The molecule has 0 aromatic heterocycles. The molecule has 31 heavy (non-hydrogen) atoms. The summed E-state index contributed by atoms with van der Waals surface area (Å²) < 4.78 is 5.45. The molecule has 6 heteroatoms. The molecule has 0 aliphatic carbocycles. The maximum absolute atomic E-state index is 12.7. The van der Waals surface area contributed by atoms with Crippen LogP contribution in [0.15, 0.2) is 41.6 Å². The number of nitrogens with zero attached hydrogens (tertiary/aromatic N) is 2. The predicted molar refractivity (Wildman–Crippen MR) is 121 cm³/mol. The van der Waals surface area contributed by atoms with E-state index in [0.717, 1.165) is 55.5 Å². The highest BCUT2D eigenvalue weighted by Gasteiger charge is 2.19. The van der Waals surface area contributed by atoms with Crippen molar-refractivity contribution in [3.05, 3.63) is 58.7 Å². The Bertz CT molecular complexity index is 880. The standard InChI is InChI=1S/C25H32N2O4/c1-19-15-20(2)24-21(16-19)17-22(11-7-4-3-5-10-14-30-25(24)29)26-31-18-23(28)27-12-8-6-9-13-27/h5,7,10-11,15-16H,3-4,6,8-9,12-14,17-18H2,1-2H3/b10-5+,11-7+,26-22-. The number of aryl methyl sites for hydroxylation is 2. The number of hydrogen-bond acceptors (Lipinski definition) is 5. The Morgan fingerprint density at radius 1 is 1.10 bits per heavy atom. The van der Waals surface area contributed by atoms with Crippen molar-refractivity contribution >= 4 is 17.6 Å². The number of cyclic esters (lactones) is 1. The number of fused-ring (bicyclic) bond motifs is 1. The third kappa shape index (κ3) is 6.81. The number of rotatable bonds is 3. The van der Waals surface area contributed by atoms with Crippen molar-refractivity contribution < 1.29 is 19.2 Å². The van der Waals surface area contributed by atoms with Crippen LogP contribution in [0.1, 0.15) is 59.2 Å². The summed E-state index contributed by atoms with van der Waals surface area (Å²) in [7, 11) is 0. The van der Waals surface area contributed by atoms with Crippen LogP contribution >= 0.6 is 0 Å². The molecule has 1 amide bonds. The monoisotopic (exact) mass is 424 g/mol. The summed E-state index contributed by atoms with van der Waals surface area (Å²) in [6, 6.07) is 3.97. The lowest BCUT2D eigenvalue weighted by Gasteiger charge is -2.26. The highest BCUT2D eigenvalue weighted by atomic mass is 16.6. The molecule has 6 nitrogen and oxygen atoms in total. The molecular formula is C25H32N2O4. The molecule has 0 unspecified atom stereocenters. The molecule has 3 rings (SSSR count). The minimum Gasteiger partial charge on any atom is -0.458 e. The number of hydrogen-bond donors (Lipinski definition) is 0. The Hall–Kier alpha value is -2.89. The van der Waals surface area contributed by atoms with Gasteiger partial charge in [0.05, 0.1) is 11.3 Å². The summed E-state index contributed by atoms with van der Waals surface area (Å²) in [4.78, 5) is 32.4. The van der Waals surface area contributed by atoms with E-state index in [-0.39, 0.29) is 25.1 Å². The number of esters is 1. The summed E-state index contributed by atoms with van der Waals surface area (Å²) in [6.07, 6.45) is 13.2. The minimum atomic E-state index is -0.332.